The van der Waals surface area contributed by atoms with Gasteiger partial charge in [-0.05, 0) is 34.1 Å². The normalized spacial score (nSPS) is 9.82. The van der Waals surface area contributed by atoms with Crippen LogP contribution in [-0.2, 0) is 9.53 Å². The van der Waals surface area contributed by atoms with Gasteiger partial charge in [-0.15, -0.1) is 0 Å². The maximum Gasteiger partial charge on any atom is 0.325 e. The Bertz CT molecular complexity index is 448. The minimum Gasteiger partial charge on any atom is -0.468 e. The minimum atomic E-state index is -0.467. The fraction of sp³-hybridized carbons (Fsp3) is 0.273. The lowest BCUT2D eigenvalue weighted by Crippen LogP contribution is -2.32. The van der Waals surface area contributed by atoms with Crippen molar-refractivity contribution in [2.75, 3.05) is 26.4 Å². The van der Waals surface area contributed by atoms with Crippen molar-refractivity contribution < 1.29 is 14.3 Å². The zero-order valence-electron chi connectivity index (χ0n) is 9.57. The van der Waals surface area contributed by atoms with Crippen LogP contribution in [0.3, 0.4) is 0 Å². The summed E-state index contributed by atoms with van der Waals surface area (Å²) in [6.07, 6.45) is 0. The van der Waals surface area contributed by atoms with E-state index < -0.39 is 5.97 Å². The highest BCUT2D eigenvalue weighted by Crippen LogP contribution is 2.20. The van der Waals surface area contributed by atoms with E-state index >= 15 is 0 Å². The molecule has 0 unspecified atom stereocenters. The van der Waals surface area contributed by atoms with Gasteiger partial charge in [0.2, 0.25) is 0 Å². The molecular formula is C11H13BrN2O3. The predicted octanol–water partition coefficient (Wildman–Crippen LogP) is 1.28. The maximum absolute atomic E-state index is 11.9. The number of likely N-dealkylation sites (N-methyl/N-ethyl adjacent to an activating group) is 1. The summed E-state index contributed by atoms with van der Waals surface area (Å²) in [6, 6.07) is 4.88. The van der Waals surface area contributed by atoms with Crippen LogP contribution in [0.5, 0.6) is 0 Å². The number of esters is 1. The quantitative estimate of drug-likeness (QED) is 0.674. The SMILES string of the molecule is COC(=O)CN(C)C(=O)c1ccc(Br)c(N)c1. The van der Waals surface area contributed by atoms with E-state index in [4.69, 9.17) is 5.73 Å². The van der Waals surface area contributed by atoms with E-state index in [1.807, 2.05) is 0 Å². The molecule has 0 radical (unpaired) electrons. The molecule has 2 N–H and O–H groups in total. The first-order valence-corrected chi connectivity index (χ1v) is 5.62. The van der Waals surface area contributed by atoms with E-state index in [-0.39, 0.29) is 12.5 Å². The fourth-order valence-corrected chi connectivity index (χ4v) is 1.47. The number of hydrogen-bond acceptors (Lipinski definition) is 4. The van der Waals surface area contributed by atoms with Crippen LogP contribution in [0.1, 0.15) is 10.4 Å². The van der Waals surface area contributed by atoms with Crippen LogP contribution < -0.4 is 5.73 Å². The van der Waals surface area contributed by atoms with Gasteiger partial charge in [-0.1, -0.05) is 0 Å². The Morgan fingerprint density at radius 3 is 2.65 bits per heavy atom. The van der Waals surface area contributed by atoms with E-state index in [1.165, 1.54) is 19.1 Å². The Morgan fingerprint density at radius 1 is 1.47 bits per heavy atom. The number of nitrogen functional groups attached to an aromatic ring is 1. The monoisotopic (exact) mass is 300 g/mol. The molecule has 1 aromatic rings. The van der Waals surface area contributed by atoms with Crippen LogP contribution in [0, 0.1) is 0 Å². The Hall–Kier alpha value is -1.56. The highest BCUT2D eigenvalue weighted by molar-refractivity contribution is 9.10. The number of amides is 1. The lowest BCUT2D eigenvalue weighted by Gasteiger charge is -2.15. The molecule has 0 saturated carbocycles. The van der Waals surface area contributed by atoms with Crippen LogP contribution in [-0.4, -0.2) is 37.5 Å². The molecule has 0 aliphatic carbocycles. The van der Waals surface area contributed by atoms with E-state index in [1.54, 1.807) is 18.2 Å². The number of carbonyl (C=O) groups is 2. The third-order valence-electron chi connectivity index (χ3n) is 2.18. The summed E-state index contributed by atoms with van der Waals surface area (Å²) in [6.45, 7) is -0.0920. The average Bonchev–Trinajstić information content (AvgIpc) is 2.31. The Balaban J connectivity index is 2.81. The lowest BCUT2D eigenvalue weighted by atomic mass is 10.2. The second kappa shape index (κ2) is 5.67. The zero-order chi connectivity index (χ0) is 13.0. The van der Waals surface area contributed by atoms with E-state index in [9.17, 15) is 9.59 Å². The number of anilines is 1. The summed E-state index contributed by atoms with van der Waals surface area (Å²) >= 11 is 3.24. The fourth-order valence-electron chi connectivity index (χ4n) is 1.23. The second-order valence-corrected chi connectivity index (χ2v) is 4.33. The van der Waals surface area contributed by atoms with Crippen molar-refractivity contribution in [2.24, 2.45) is 0 Å². The van der Waals surface area contributed by atoms with Crippen molar-refractivity contribution in [1.29, 1.82) is 0 Å². The van der Waals surface area contributed by atoms with Gasteiger partial charge in [0.25, 0.3) is 5.91 Å². The number of nitrogens with two attached hydrogens (primary N) is 1. The van der Waals surface area contributed by atoms with Gasteiger partial charge in [-0.2, -0.15) is 0 Å². The van der Waals surface area contributed by atoms with Gasteiger partial charge in [0.1, 0.15) is 6.54 Å². The molecule has 0 aromatic heterocycles. The summed E-state index contributed by atoms with van der Waals surface area (Å²) in [4.78, 5) is 24.2. The summed E-state index contributed by atoms with van der Waals surface area (Å²) < 4.78 is 5.21. The maximum atomic E-state index is 11.9. The number of rotatable bonds is 3. The van der Waals surface area contributed by atoms with Crippen LogP contribution >= 0.6 is 15.9 Å². The van der Waals surface area contributed by atoms with Gasteiger partial charge >= 0.3 is 5.97 Å². The number of benzene rings is 1. The smallest absolute Gasteiger partial charge is 0.325 e. The van der Waals surface area contributed by atoms with Crippen LogP contribution in [0.2, 0.25) is 0 Å². The van der Waals surface area contributed by atoms with Gasteiger partial charge in [0, 0.05) is 22.8 Å². The van der Waals surface area contributed by atoms with Gasteiger partial charge in [-0.3, -0.25) is 9.59 Å². The Labute approximate surface area is 108 Å². The summed E-state index contributed by atoms with van der Waals surface area (Å²) in [5.74, 6) is -0.750. The van der Waals surface area contributed by atoms with Crippen molar-refractivity contribution >= 4 is 33.5 Å². The van der Waals surface area contributed by atoms with Crippen molar-refractivity contribution in [3.05, 3.63) is 28.2 Å². The molecular weight excluding hydrogens is 288 g/mol. The molecule has 0 saturated heterocycles. The largest absolute Gasteiger partial charge is 0.468 e. The van der Waals surface area contributed by atoms with Crippen LogP contribution in [0.4, 0.5) is 5.69 Å². The van der Waals surface area contributed by atoms with Gasteiger partial charge < -0.3 is 15.4 Å². The molecule has 1 rings (SSSR count). The second-order valence-electron chi connectivity index (χ2n) is 3.47. The van der Waals surface area contributed by atoms with Crippen molar-refractivity contribution in [2.45, 2.75) is 0 Å². The molecule has 92 valence electrons. The third-order valence-corrected chi connectivity index (χ3v) is 2.91. The summed E-state index contributed by atoms with van der Waals surface area (Å²) in [5.41, 5.74) is 6.58. The van der Waals surface area contributed by atoms with Crippen molar-refractivity contribution in [1.82, 2.24) is 4.90 Å². The molecule has 0 aliphatic rings. The minimum absolute atomic E-state index is 0.0920. The number of methoxy groups -OCH3 is 1. The van der Waals surface area contributed by atoms with Gasteiger partial charge in [0.05, 0.1) is 7.11 Å². The predicted molar refractivity (Wildman–Crippen MR) is 67.5 cm³/mol. The molecule has 17 heavy (non-hydrogen) atoms. The van der Waals surface area contributed by atoms with Crippen molar-refractivity contribution in [3.63, 3.8) is 0 Å². The first kappa shape index (κ1) is 13.5. The van der Waals surface area contributed by atoms with Crippen LogP contribution in [0.15, 0.2) is 22.7 Å². The molecule has 0 aliphatic heterocycles. The number of ether oxygens (including phenoxy) is 1. The first-order chi connectivity index (χ1) is 7.95. The molecule has 6 heteroatoms. The number of nitrogens with zero attached hydrogens (tertiary/aromatic N) is 1. The zero-order valence-corrected chi connectivity index (χ0v) is 11.2. The topological polar surface area (TPSA) is 72.6 Å². The van der Waals surface area contributed by atoms with E-state index in [0.717, 1.165) is 4.47 Å². The number of carbonyl (C=O) groups excluding carboxylic acids is 2. The molecule has 0 fully saturated rings. The molecule has 0 heterocycles. The molecule has 5 nitrogen and oxygen atoms in total. The first-order valence-electron chi connectivity index (χ1n) is 4.83. The summed E-state index contributed by atoms with van der Waals surface area (Å²) in [5, 5.41) is 0. The molecule has 1 amide bonds. The molecule has 1 aromatic carbocycles. The van der Waals surface area contributed by atoms with Crippen molar-refractivity contribution in [3.8, 4) is 0 Å². The molecule has 0 atom stereocenters. The Morgan fingerprint density at radius 2 is 2.12 bits per heavy atom. The van der Waals surface area contributed by atoms with Gasteiger partial charge in [0.15, 0.2) is 0 Å². The number of halogens is 1. The summed E-state index contributed by atoms with van der Waals surface area (Å²) in [7, 11) is 2.80. The third kappa shape index (κ3) is 3.45. The van der Waals surface area contributed by atoms with E-state index in [0.29, 0.717) is 11.3 Å². The highest BCUT2D eigenvalue weighted by Gasteiger charge is 2.15. The lowest BCUT2D eigenvalue weighted by molar-refractivity contribution is -0.141. The standard InChI is InChI=1S/C11H13BrN2O3/c1-14(6-10(15)17-2)11(16)7-3-4-8(12)9(13)5-7/h3-5H,6,13H2,1-2H3. The van der Waals surface area contributed by atoms with E-state index in [2.05, 4.69) is 20.7 Å². The average molecular weight is 301 g/mol. The molecule has 0 spiro atoms. The van der Waals surface area contributed by atoms with Crippen LogP contribution in [0.25, 0.3) is 0 Å². The molecule has 0 bridgehead atoms. The number of hydrogen-bond donors (Lipinski definition) is 1. The van der Waals surface area contributed by atoms with Gasteiger partial charge in [-0.25, -0.2) is 0 Å². The Kier molecular flexibility index (Phi) is 4.51. The highest BCUT2D eigenvalue weighted by atomic mass is 79.9.